The zero-order valence-corrected chi connectivity index (χ0v) is 39.5. The lowest BCUT2D eigenvalue weighted by molar-refractivity contribution is -0.359. The maximum atomic E-state index is 13.1. The number of nitrogens with one attached hydrogen (secondary N) is 1. The molecule has 14 heteroatoms. The maximum absolute atomic E-state index is 13.1. The summed E-state index contributed by atoms with van der Waals surface area (Å²) in [7, 11) is 0. The number of aliphatic hydroxyl groups excluding tert-OH is 8. The van der Waals surface area contributed by atoms with Crippen LogP contribution < -0.4 is 5.32 Å². The first kappa shape index (κ1) is 58.3. The number of unbranched alkanes of at least 4 members (excludes halogenated alkanes) is 21. The third-order valence-electron chi connectivity index (χ3n) is 12.3. The summed E-state index contributed by atoms with van der Waals surface area (Å²) in [6.07, 6.45) is 24.8. The molecule has 0 saturated carbocycles. The molecule has 2 saturated heterocycles. The molecule has 0 aromatic heterocycles. The molecule has 0 aliphatic carbocycles. The molecule has 0 aromatic rings. The van der Waals surface area contributed by atoms with Gasteiger partial charge in [0, 0.05) is 6.42 Å². The first-order valence-electron chi connectivity index (χ1n) is 25.2. The molecule has 12 atom stereocenters. The van der Waals surface area contributed by atoms with E-state index in [4.69, 9.17) is 18.9 Å². The second-order valence-electron chi connectivity index (χ2n) is 17.9. The minimum atomic E-state index is -1.79. The van der Waals surface area contributed by atoms with Crippen LogP contribution in [-0.2, 0) is 23.7 Å². The molecule has 2 fully saturated rings. The highest BCUT2D eigenvalue weighted by molar-refractivity contribution is 5.76. The van der Waals surface area contributed by atoms with E-state index in [9.17, 15) is 45.6 Å². The summed E-state index contributed by atoms with van der Waals surface area (Å²) in [5.41, 5.74) is 0. The van der Waals surface area contributed by atoms with Crippen molar-refractivity contribution in [3.8, 4) is 0 Å². The Morgan fingerprint density at radius 3 is 1.53 bits per heavy atom. The molecular weight excluding hydrogens is 823 g/mol. The van der Waals surface area contributed by atoms with Gasteiger partial charge in [-0.3, -0.25) is 4.79 Å². The van der Waals surface area contributed by atoms with Gasteiger partial charge in [0.05, 0.1) is 32.0 Å². The fraction of sp³-hybridized carbons (Fsp3) is 0.860. The third-order valence-corrected chi connectivity index (χ3v) is 12.3. The Bertz CT molecular complexity index is 1220. The summed E-state index contributed by atoms with van der Waals surface area (Å²) in [5.74, 6) is -0.257. The average Bonchev–Trinajstić information content (AvgIpc) is 3.29. The number of carbonyl (C=O) groups excluding carboxylic acids is 1. The molecule has 2 aliphatic rings. The van der Waals surface area contributed by atoms with Gasteiger partial charge in [-0.1, -0.05) is 166 Å². The van der Waals surface area contributed by atoms with Crippen LogP contribution in [0.1, 0.15) is 181 Å². The first-order valence-corrected chi connectivity index (χ1v) is 25.2. The van der Waals surface area contributed by atoms with Crippen molar-refractivity contribution >= 4 is 5.91 Å². The van der Waals surface area contributed by atoms with Crippen molar-refractivity contribution in [2.75, 3.05) is 19.8 Å². The van der Waals surface area contributed by atoms with Gasteiger partial charge in [-0.05, 0) is 44.9 Å². The largest absolute Gasteiger partial charge is 0.394 e. The lowest BCUT2D eigenvalue weighted by atomic mass is 9.97. The summed E-state index contributed by atoms with van der Waals surface area (Å²) < 4.78 is 22.6. The molecule has 2 heterocycles. The molecule has 14 nitrogen and oxygen atoms in total. The van der Waals surface area contributed by atoms with Gasteiger partial charge in [0.15, 0.2) is 12.6 Å². The Balaban J connectivity index is 1.86. The number of aliphatic hydroxyl groups is 8. The van der Waals surface area contributed by atoms with Crippen LogP contribution >= 0.6 is 0 Å². The normalized spacial score (nSPS) is 27.5. The quantitative estimate of drug-likeness (QED) is 0.0244. The third kappa shape index (κ3) is 24.3. The lowest BCUT2D eigenvalue weighted by Gasteiger charge is -2.46. The summed E-state index contributed by atoms with van der Waals surface area (Å²) >= 11 is 0. The van der Waals surface area contributed by atoms with Gasteiger partial charge in [0.2, 0.25) is 5.91 Å². The Hall–Kier alpha value is -1.79. The van der Waals surface area contributed by atoms with Gasteiger partial charge in [0.1, 0.15) is 48.8 Å². The molecule has 0 spiro atoms. The zero-order valence-electron chi connectivity index (χ0n) is 39.5. The van der Waals surface area contributed by atoms with E-state index in [1.807, 2.05) is 6.08 Å². The Labute approximate surface area is 385 Å². The smallest absolute Gasteiger partial charge is 0.220 e. The van der Waals surface area contributed by atoms with Crippen LogP contribution in [0.2, 0.25) is 0 Å². The molecule has 12 unspecified atom stereocenters. The maximum Gasteiger partial charge on any atom is 0.220 e. The van der Waals surface area contributed by atoms with E-state index in [2.05, 4.69) is 43.5 Å². The van der Waals surface area contributed by atoms with E-state index in [1.165, 1.54) is 103 Å². The second-order valence-corrected chi connectivity index (χ2v) is 17.9. The van der Waals surface area contributed by atoms with Gasteiger partial charge in [-0.2, -0.15) is 0 Å². The molecule has 2 aliphatic heterocycles. The van der Waals surface area contributed by atoms with Gasteiger partial charge in [-0.15, -0.1) is 0 Å². The highest BCUT2D eigenvalue weighted by Crippen LogP contribution is 2.30. The first-order chi connectivity index (χ1) is 31.1. The molecular formula is C50H91NO13. The predicted octanol–water partition coefficient (Wildman–Crippen LogP) is 6.32. The topological polar surface area (TPSA) is 228 Å². The number of allylic oxidation sites excluding steroid dienone is 5. The molecule has 1 amide bonds. The van der Waals surface area contributed by atoms with Crippen molar-refractivity contribution in [3.63, 3.8) is 0 Å². The molecule has 64 heavy (non-hydrogen) atoms. The monoisotopic (exact) mass is 914 g/mol. The Morgan fingerprint density at radius 1 is 0.547 bits per heavy atom. The molecule has 0 bridgehead atoms. The molecule has 2 rings (SSSR count). The van der Waals surface area contributed by atoms with E-state index in [-0.39, 0.29) is 18.9 Å². The van der Waals surface area contributed by atoms with E-state index in [0.29, 0.717) is 12.8 Å². The van der Waals surface area contributed by atoms with Crippen molar-refractivity contribution in [3.05, 3.63) is 36.5 Å². The number of amides is 1. The minimum absolute atomic E-state index is 0.257. The van der Waals surface area contributed by atoms with E-state index in [0.717, 1.165) is 44.9 Å². The van der Waals surface area contributed by atoms with Crippen LogP contribution in [0.5, 0.6) is 0 Å². The molecule has 0 aromatic carbocycles. The summed E-state index contributed by atoms with van der Waals surface area (Å²) in [4.78, 5) is 13.1. The predicted molar refractivity (Wildman–Crippen MR) is 249 cm³/mol. The standard InChI is InChI=1S/C50H91NO13/c1-3-5-7-9-11-13-15-16-17-18-19-20-21-22-23-24-25-27-29-31-33-39(54)38(51-42(55)34-32-30-28-26-14-12-10-8-6-4-2)37-61-49-47(60)45(58)48(41(36-53)63-49)64-50-46(59)44(57)43(56)40(35-52)62-50/h20-21,24-25,31,33,38-41,43-50,52-54,56-60H,3-19,22-23,26-30,32,34-37H2,1-2H3,(H,51,55)/b21-20+,25-24+,33-31+. The van der Waals surface area contributed by atoms with Crippen LogP contribution in [-0.4, -0.2) is 140 Å². The summed E-state index contributed by atoms with van der Waals surface area (Å²) in [6, 6.07) is -0.932. The number of ether oxygens (including phenoxy) is 4. The van der Waals surface area contributed by atoms with Gasteiger partial charge < -0.3 is 65.1 Å². The lowest BCUT2D eigenvalue weighted by Crippen LogP contribution is -2.65. The summed E-state index contributed by atoms with van der Waals surface area (Å²) in [6.45, 7) is 2.73. The van der Waals surface area contributed by atoms with Crippen LogP contribution in [0.3, 0.4) is 0 Å². The van der Waals surface area contributed by atoms with Crippen molar-refractivity contribution in [1.29, 1.82) is 0 Å². The van der Waals surface area contributed by atoms with Gasteiger partial charge in [-0.25, -0.2) is 0 Å². The second kappa shape index (κ2) is 37.2. The number of rotatable bonds is 38. The highest BCUT2D eigenvalue weighted by atomic mass is 16.7. The van der Waals surface area contributed by atoms with Crippen LogP contribution in [0.25, 0.3) is 0 Å². The highest BCUT2D eigenvalue weighted by Gasteiger charge is 2.51. The van der Waals surface area contributed by atoms with E-state index >= 15 is 0 Å². The number of hydrogen-bond donors (Lipinski definition) is 9. The van der Waals surface area contributed by atoms with Crippen LogP contribution in [0, 0.1) is 0 Å². The Kier molecular flexibility index (Phi) is 33.9. The van der Waals surface area contributed by atoms with Crippen LogP contribution in [0.4, 0.5) is 0 Å². The van der Waals surface area contributed by atoms with E-state index in [1.54, 1.807) is 6.08 Å². The zero-order chi connectivity index (χ0) is 46.8. The van der Waals surface area contributed by atoms with Crippen molar-refractivity contribution in [2.45, 2.75) is 254 Å². The number of carbonyl (C=O) groups is 1. The molecule has 9 N–H and O–H groups in total. The van der Waals surface area contributed by atoms with Crippen molar-refractivity contribution in [2.24, 2.45) is 0 Å². The van der Waals surface area contributed by atoms with Gasteiger partial charge >= 0.3 is 0 Å². The van der Waals surface area contributed by atoms with Crippen molar-refractivity contribution < 1.29 is 64.6 Å². The fourth-order valence-corrected chi connectivity index (χ4v) is 8.14. The fourth-order valence-electron chi connectivity index (χ4n) is 8.14. The molecule has 0 radical (unpaired) electrons. The van der Waals surface area contributed by atoms with Crippen LogP contribution in [0.15, 0.2) is 36.5 Å². The van der Waals surface area contributed by atoms with E-state index < -0.39 is 86.8 Å². The average molecular weight is 914 g/mol. The molecule has 374 valence electrons. The SMILES string of the molecule is CCCCCCCCCCCC/C=C/CC/C=C/CC/C=C/C(O)C(COC1OC(CO)C(OC2OC(CO)C(O)C(O)C2O)C(O)C1O)NC(=O)CCCCCCCCCCCC. The minimum Gasteiger partial charge on any atom is -0.394 e. The summed E-state index contributed by atoms with van der Waals surface area (Å²) in [5, 5.41) is 86.6. The number of hydrogen-bond acceptors (Lipinski definition) is 13. The Morgan fingerprint density at radius 2 is 1.00 bits per heavy atom. The van der Waals surface area contributed by atoms with Crippen molar-refractivity contribution in [1.82, 2.24) is 5.32 Å². The van der Waals surface area contributed by atoms with Gasteiger partial charge in [0.25, 0.3) is 0 Å².